The molecule has 0 spiro atoms. The summed E-state index contributed by atoms with van der Waals surface area (Å²) in [4.78, 5) is 11.4. The first-order chi connectivity index (χ1) is 19.6. The summed E-state index contributed by atoms with van der Waals surface area (Å²) in [5, 5.41) is 15.0. The number of fused-ring (bicyclic) bond motifs is 2. The number of benzene rings is 2. The molecule has 1 unspecified atom stereocenters. The molecule has 2 aliphatic rings. The van der Waals surface area contributed by atoms with Gasteiger partial charge < -0.3 is 20.1 Å². The number of nitrogens with one attached hydrogen (secondary N) is 2. The van der Waals surface area contributed by atoms with E-state index in [0.29, 0.717) is 21.7 Å². The molecule has 8 nitrogen and oxygen atoms in total. The second kappa shape index (κ2) is 10.3. The van der Waals surface area contributed by atoms with E-state index in [4.69, 9.17) is 21.7 Å². The smallest absolute Gasteiger partial charge is 0.186 e. The van der Waals surface area contributed by atoms with Crippen LogP contribution in [-0.4, -0.2) is 50.5 Å². The van der Waals surface area contributed by atoms with Gasteiger partial charge in [-0.2, -0.15) is 5.10 Å². The van der Waals surface area contributed by atoms with Crippen molar-refractivity contribution in [2.24, 2.45) is 0 Å². The molecule has 2 N–H and O–H groups in total. The van der Waals surface area contributed by atoms with Crippen LogP contribution in [0, 0.1) is 5.82 Å². The topological polar surface area (TPSA) is 75.8 Å². The van der Waals surface area contributed by atoms with Crippen molar-refractivity contribution >= 4 is 44.7 Å². The van der Waals surface area contributed by atoms with E-state index in [0.717, 1.165) is 73.3 Å². The zero-order valence-electron chi connectivity index (χ0n) is 21.8. The molecule has 1 saturated heterocycles. The molecular weight excluding hydrogens is 547 g/mol. The van der Waals surface area contributed by atoms with Gasteiger partial charge in [0.25, 0.3) is 0 Å². The van der Waals surface area contributed by atoms with Crippen molar-refractivity contribution in [2.45, 2.75) is 25.4 Å². The Morgan fingerprint density at radius 1 is 1.15 bits per heavy atom. The van der Waals surface area contributed by atoms with E-state index in [-0.39, 0.29) is 5.52 Å². The van der Waals surface area contributed by atoms with E-state index >= 15 is 4.39 Å². The number of nitrogens with zero attached hydrogens (tertiary/aromatic N) is 6. The quantitative estimate of drug-likeness (QED) is 0.259. The van der Waals surface area contributed by atoms with Gasteiger partial charge in [-0.1, -0.05) is 30.3 Å². The lowest BCUT2D eigenvalue weighted by Gasteiger charge is -2.29. The summed E-state index contributed by atoms with van der Waals surface area (Å²) in [7, 11) is 0. The molecule has 0 amide bonds. The first-order valence-corrected chi connectivity index (χ1v) is 14.6. The van der Waals surface area contributed by atoms with Crippen LogP contribution in [0.2, 0.25) is 5.02 Å². The minimum atomic E-state index is -0.470. The van der Waals surface area contributed by atoms with Gasteiger partial charge in [-0.05, 0) is 36.6 Å². The third kappa shape index (κ3) is 4.46. The van der Waals surface area contributed by atoms with Gasteiger partial charge in [-0.3, -0.25) is 4.68 Å². The number of hydrogen-bond acceptors (Lipinski definition) is 7. The fourth-order valence-corrected chi connectivity index (χ4v) is 6.52. The predicted octanol–water partition coefficient (Wildman–Crippen LogP) is 5.72. The molecular formula is C29H28ClFN8S. The zero-order valence-corrected chi connectivity index (χ0v) is 23.4. The average Bonchev–Trinajstić information content (AvgIpc) is 3.78. The number of aryl methyl sites for hydroxylation is 1. The van der Waals surface area contributed by atoms with Crippen LogP contribution in [-0.2, 0) is 13.0 Å². The first kappa shape index (κ1) is 25.3. The van der Waals surface area contributed by atoms with Gasteiger partial charge in [0, 0.05) is 78.5 Å². The van der Waals surface area contributed by atoms with E-state index < -0.39 is 11.9 Å². The largest absolute Gasteiger partial charge is 0.369 e. The molecule has 0 saturated carbocycles. The van der Waals surface area contributed by atoms with Crippen LogP contribution in [0.25, 0.3) is 22.0 Å². The van der Waals surface area contributed by atoms with E-state index in [9.17, 15) is 0 Å². The van der Waals surface area contributed by atoms with Crippen molar-refractivity contribution in [2.75, 3.05) is 36.4 Å². The van der Waals surface area contributed by atoms with Gasteiger partial charge in [-0.15, -0.1) is 11.3 Å². The molecule has 7 rings (SSSR count). The van der Waals surface area contributed by atoms with Crippen molar-refractivity contribution in [3.05, 3.63) is 88.9 Å². The normalized spacial score (nSPS) is 15.9. The Balaban J connectivity index is 1.28. The average molecular weight is 575 g/mol. The molecule has 40 heavy (non-hydrogen) atoms. The van der Waals surface area contributed by atoms with Crippen LogP contribution in [0.1, 0.15) is 23.9 Å². The van der Waals surface area contributed by atoms with Crippen molar-refractivity contribution in [1.29, 1.82) is 0 Å². The molecule has 0 bridgehead atoms. The van der Waals surface area contributed by atoms with Crippen LogP contribution in [0.15, 0.2) is 66.7 Å². The van der Waals surface area contributed by atoms with Gasteiger partial charge in [0.1, 0.15) is 11.6 Å². The Morgan fingerprint density at radius 3 is 2.75 bits per heavy atom. The second-order valence-electron chi connectivity index (χ2n) is 10.1. The molecule has 0 radical (unpaired) electrons. The summed E-state index contributed by atoms with van der Waals surface area (Å²) < 4.78 is 20.0. The first-order valence-electron chi connectivity index (χ1n) is 13.4. The number of imidazole rings is 1. The summed E-state index contributed by atoms with van der Waals surface area (Å²) in [5.74, 6) is -0.402. The Labute approximate surface area is 240 Å². The van der Waals surface area contributed by atoms with E-state index in [1.54, 1.807) is 23.1 Å². The van der Waals surface area contributed by atoms with Gasteiger partial charge in [0.15, 0.2) is 10.9 Å². The predicted molar refractivity (Wildman–Crippen MR) is 159 cm³/mol. The van der Waals surface area contributed by atoms with Crippen molar-refractivity contribution in [3.8, 4) is 11.1 Å². The highest BCUT2D eigenvalue weighted by Gasteiger charge is 2.29. The number of hydrogen-bond donors (Lipinski definition) is 2. The highest BCUT2D eigenvalue weighted by atomic mass is 35.5. The Hall–Kier alpha value is -3.73. The van der Waals surface area contributed by atoms with Crippen molar-refractivity contribution < 1.29 is 4.39 Å². The molecule has 3 aromatic heterocycles. The molecule has 11 heteroatoms. The van der Waals surface area contributed by atoms with Gasteiger partial charge in [0.05, 0.1) is 17.0 Å². The molecule has 2 aromatic carbocycles. The summed E-state index contributed by atoms with van der Waals surface area (Å²) in [6, 6.07) is 9.21. The van der Waals surface area contributed by atoms with Crippen LogP contribution in [0.4, 0.5) is 15.2 Å². The molecule has 5 heterocycles. The van der Waals surface area contributed by atoms with Crippen LogP contribution in [0.3, 0.4) is 0 Å². The van der Waals surface area contributed by atoms with Crippen LogP contribution in [0.5, 0.6) is 0 Å². The van der Waals surface area contributed by atoms with E-state index in [2.05, 4.69) is 31.7 Å². The maximum Gasteiger partial charge on any atom is 0.186 e. The van der Waals surface area contributed by atoms with Crippen molar-refractivity contribution in [3.63, 3.8) is 0 Å². The standard InChI is InChI=1S/C29H28ClFN8S/c1-18(35-29-33-10-14-40-29)28(27-24-3-2-11-38(24)17-34-27)39-16-22-23(30)15-21(25(31)26(22)36-39)19-4-6-20(7-5-19)37-12-8-32-9-13-37/h4-7,10,14-17,28,32H,1-3,8-9,11-13H2,(H,33,35). The highest BCUT2D eigenvalue weighted by molar-refractivity contribution is 7.13. The number of piperazine rings is 1. The number of rotatable bonds is 7. The highest BCUT2D eigenvalue weighted by Crippen LogP contribution is 2.37. The molecule has 2 aliphatic heterocycles. The molecule has 1 fully saturated rings. The summed E-state index contributed by atoms with van der Waals surface area (Å²) in [6.07, 6.45) is 7.36. The minimum absolute atomic E-state index is 0.219. The lowest BCUT2D eigenvalue weighted by atomic mass is 10.0. The third-order valence-electron chi connectivity index (χ3n) is 7.71. The van der Waals surface area contributed by atoms with Gasteiger partial charge in [-0.25, -0.2) is 14.4 Å². The maximum atomic E-state index is 16.1. The summed E-state index contributed by atoms with van der Waals surface area (Å²) in [5.41, 5.74) is 5.17. The fraction of sp³-hybridized carbons (Fsp3) is 0.276. The van der Waals surface area contributed by atoms with E-state index in [1.807, 2.05) is 36.0 Å². The third-order valence-corrected chi connectivity index (χ3v) is 8.71. The molecule has 5 aromatic rings. The zero-order chi connectivity index (χ0) is 27.2. The van der Waals surface area contributed by atoms with Crippen molar-refractivity contribution in [1.82, 2.24) is 29.6 Å². The fourth-order valence-electron chi connectivity index (χ4n) is 5.71. The van der Waals surface area contributed by atoms with Gasteiger partial charge in [0.2, 0.25) is 0 Å². The molecule has 0 aliphatic carbocycles. The monoisotopic (exact) mass is 574 g/mol. The maximum absolute atomic E-state index is 16.1. The lowest BCUT2D eigenvalue weighted by Crippen LogP contribution is -2.43. The van der Waals surface area contributed by atoms with Crippen LogP contribution < -0.4 is 15.5 Å². The molecule has 1 atom stereocenters. The second-order valence-corrected chi connectivity index (χ2v) is 11.4. The number of thiazole rings is 1. The molecule has 204 valence electrons. The summed E-state index contributed by atoms with van der Waals surface area (Å²) in [6.45, 7) is 9.07. The number of aromatic nitrogens is 5. The number of halogens is 2. The summed E-state index contributed by atoms with van der Waals surface area (Å²) >= 11 is 8.25. The van der Waals surface area contributed by atoms with Gasteiger partial charge >= 0.3 is 0 Å². The Bertz CT molecular complexity index is 1690. The van der Waals surface area contributed by atoms with E-state index in [1.165, 1.54) is 11.3 Å². The SMILES string of the molecule is C=C(Nc1nccs1)C(c1ncn2c1CCC2)n1cc2c(Cl)cc(-c3ccc(N4CCNCC4)cc3)c(F)c2n1. The minimum Gasteiger partial charge on any atom is -0.369 e. The number of allylic oxidation sites excluding steroid dienone is 1. The lowest BCUT2D eigenvalue weighted by molar-refractivity contribution is 0.572. The van der Waals surface area contributed by atoms with Crippen LogP contribution >= 0.6 is 22.9 Å². The number of anilines is 2. The Kier molecular flexibility index (Phi) is 6.53. The Morgan fingerprint density at radius 2 is 1.98 bits per heavy atom.